The highest BCUT2D eigenvalue weighted by Crippen LogP contribution is 2.38. The van der Waals surface area contributed by atoms with Gasteiger partial charge in [-0.1, -0.05) is 32.0 Å². The molecule has 2 saturated heterocycles. The van der Waals surface area contributed by atoms with Gasteiger partial charge in [-0.2, -0.15) is 0 Å². The van der Waals surface area contributed by atoms with E-state index in [1.807, 2.05) is 28.8 Å². The fourth-order valence-corrected chi connectivity index (χ4v) is 6.94. The number of carbonyl (C=O) groups excluding carboxylic acids is 1. The van der Waals surface area contributed by atoms with Gasteiger partial charge in [0.15, 0.2) is 5.82 Å². The molecule has 12 heteroatoms. The summed E-state index contributed by atoms with van der Waals surface area (Å²) in [5, 5.41) is 12.1. The topological polar surface area (TPSA) is 147 Å². The number of nitrogens with two attached hydrogens (primary N) is 1. The third-order valence-corrected chi connectivity index (χ3v) is 9.76. The number of carboxylic acid groups (broad SMARTS) is 1. The lowest BCUT2D eigenvalue weighted by Gasteiger charge is -2.48. The monoisotopic (exact) mass is 633 g/mol. The van der Waals surface area contributed by atoms with Crippen LogP contribution >= 0.6 is 0 Å². The minimum absolute atomic E-state index is 0.0532. The second-order valence-corrected chi connectivity index (χ2v) is 13.2. The van der Waals surface area contributed by atoms with E-state index in [1.165, 1.54) is 4.90 Å². The summed E-state index contributed by atoms with van der Waals surface area (Å²) in [5.74, 6) is 1.79. The van der Waals surface area contributed by atoms with Gasteiger partial charge in [-0.05, 0) is 54.7 Å². The molecule has 2 aliphatic heterocycles. The lowest BCUT2D eigenvalue weighted by atomic mass is 9.74. The quantitative estimate of drug-likeness (QED) is 0.207. The average molecular weight is 634 g/mol. The van der Waals surface area contributed by atoms with E-state index in [9.17, 15) is 14.7 Å². The molecular weight excluding hydrogens is 594 g/mol. The molecule has 1 aromatic carbocycles. The van der Waals surface area contributed by atoms with E-state index in [0.717, 1.165) is 55.1 Å². The zero-order valence-electron chi connectivity index (χ0n) is 26.6. The Morgan fingerprint density at radius 3 is 2.45 bits per heavy atom. The summed E-state index contributed by atoms with van der Waals surface area (Å²) in [6.45, 7) is 8.69. The number of benzene rings is 1. The number of likely N-dealkylation sites (tertiary alicyclic amines) is 2. The largest absolute Gasteiger partial charge is 0.465 e. The van der Waals surface area contributed by atoms with Gasteiger partial charge in [0, 0.05) is 80.6 Å². The first-order valence-electron chi connectivity index (χ1n) is 16.0. The van der Waals surface area contributed by atoms with Crippen molar-refractivity contribution in [2.75, 3.05) is 43.8 Å². The first-order chi connectivity index (χ1) is 22.7. The normalized spacial score (nSPS) is 16.3. The maximum Gasteiger partial charge on any atom is 0.407 e. The van der Waals surface area contributed by atoms with E-state index in [-0.39, 0.29) is 11.3 Å². The fourth-order valence-electron chi connectivity index (χ4n) is 6.94. The molecule has 2 amide bonds. The number of anilines is 2. The summed E-state index contributed by atoms with van der Waals surface area (Å²) in [5.41, 5.74) is 10.3. The maximum atomic E-state index is 12.8. The molecule has 12 nitrogen and oxygen atoms in total. The number of hydrogen-bond acceptors (Lipinski definition) is 7. The van der Waals surface area contributed by atoms with Crippen molar-refractivity contribution >= 4 is 29.2 Å². The van der Waals surface area contributed by atoms with Gasteiger partial charge in [-0.25, -0.2) is 19.7 Å². The molecule has 2 fully saturated rings. The van der Waals surface area contributed by atoms with Crippen LogP contribution in [0.1, 0.15) is 43.1 Å². The number of hydrogen-bond donors (Lipinski definition) is 3. The number of nitrogen functional groups attached to an aromatic ring is 1. The van der Waals surface area contributed by atoms with Crippen molar-refractivity contribution in [1.82, 2.24) is 33.7 Å². The van der Waals surface area contributed by atoms with Crippen LogP contribution in [0.3, 0.4) is 0 Å². The van der Waals surface area contributed by atoms with Crippen LogP contribution in [0.2, 0.25) is 0 Å². The van der Waals surface area contributed by atoms with Gasteiger partial charge in [0.1, 0.15) is 22.8 Å². The van der Waals surface area contributed by atoms with Crippen LogP contribution in [-0.2, 0) is 0 Å². The number of carbonyl (C=O) groups is 2. The molecule has 0 atom stereocenters. The molecule has 0 unspecified atom stereocenters. The molecule has 0 spiro atoms. The second kappa shape index (κ2) is 12.2. The van der Waals surface area contributed by atoms with Gasteiger partial charge in [0.05, 0.1) is 5.69 Å². The van der Waals surface area contributed by atoms with E-state index in [1.54, 1.807) is 36.7 Å². The molecule has 6 heterocycles. The molecule has 47 heavy (non-hydrogen) atoms. The van der Waals surface area contributed by atoms with Crippen molar-refractivity contribution < 1.29 is 14.7 Å². The highest BCUT2D eigenvalue weighted by atomic mass is 16.4. The lowest BCUT2D eigenvalue weighted by Crippen LogP contribution is -2.57. The molecule has 0 saturated carbocycles. The molecule has 242 valence electrons. The predicted molar refractivity (Wildman–Crippen MR) is 180 cm³/mol. The summed E-state index contributed by atoms with van der Waals surface area (Å²) in [6, 6.07) is 17.2. The Hall–Kier alpha value is -5.23. The van der Waals surface area contributed by atoms with Crippen LogP contribution in [0, 0.1) is 11.3 Å². The Bertz CT molecular complexity index is 1900. The van der Waals surface area contributed by atoms with Crippen molar-refractivity contribution in [1.29, 1.82) is 0 Å². The number of pyridine rings is 1. The molecule has 4 N–H and O–H groups in total. The van der Waals surface area contributed by atoms with E-state index in [2.05, 4.69) is 56.9 Å². The van der Waals surface area contributed by atoms with E-state index >= 15 is 0 Å². The highest BCUT2D eigenvalue weighted by Gasteiger charge is 2.42. The Balaban J connectivity index is 1.09. The summed E-state index contributed by atoms with van der Waals surface area (Å²) in [7, 11) is 0. The van der Waals surface area contributed by atoms with E-state index in [4.69, 9.17) is 10.7 Å². The molecule has 4 aromatic heterocycles. The van der Waals surface area contributed by atoms with Gasteiger partial charge in [0.25, 0.3) is 5.91 Å². The Labute approximate surface area is 272 Å². The molecule has 0 radical (unpaired) electrons. The van der Waals surface area contributed by atoms with Crippen molar-refractivity contribution in [2.45, 2.75) is 32.7 Å². The third kappa shape index (κ3) is 5.92. The standard InChI is InChI=1S/C35H39N9O3/c1-35(2,25-20-42(21-25)34(46)47)22-41-17-12-26(13-18-41)43-16-5-6-27(43)32-40-29(30-31(36)38-15-19-44(30)32)23-8-10-24(11-9-23)33(45)39-28-7-3-4-14-37-28/h3-11,14-16,19,25-26H,12-13,17-18,20-22H2,1-2H3,(H2,36,38)(H,46,47)(H,37,39,45). The zero-order chi connectivity index (χ0) is 32.7. The molecule has 2 aliphatic rings. The number of nitrogens with zero attached hydrogens (tertiary/aromatic N) is 7. The first-order valence-corrected chi connectivity index (χ1v) is 16.0. The van der Waals surface area contributed by atoms with Gasteiger partial charge >= 0.3 is 6.09 Å². The number of aromatic nitrogens is 5. The molecule has 0 aliphatic carbocycles. The maximum absolute atomic E-state index is 12.8. The van der Waals surface area contributed by atoms with Crippen molar-refractivity contribution in [3.63, 3.8) is 0 Å². The lowest BCUT2D eigenvalue weighted by molar-refractivity contribution is -0.000905. The second-order valence-electron chi connectivity index (χ2n) is 13.2. The number of fused-ring (bicyclic) bond motifs is 1. The average Bonchev–Trinajstić information content (AvgIpc) is 3.67. The van der Waals surface area contributed by atoms with Crippen LogP contribution < -0.4 is 11.1 Å². The summed E-state index contributed by atoms with van der Waals surface area (Å²) >= 11 is 0. The van der Waals surface area contributed by atoms with Crippen molar-refractivity contribution in [3.8, 4) is 22.8 Å². The van der Waals surface area contributed by atoms with E-state index in [0.29, 0.717) is 47.9 Å². The minimum atomic E-state index is -0.823. The van der Waals surface area contributed by atoms with Crippen LogP contribution in [0.5, 0.6) is 0 Å². The fraction of sp³-hybridized carbons (Fsp3) is 0.343. The molecule has 7 rings (SSSR count). The van der Waals surface area contributed by atoms with Crippen molar-refractivity contribution in [3.05, 3.63) is 84.9 Å². The summed E-state index contributed by atoms with van der Waals surface area (Å²) in [4.78, 5) is 41.8. The Morgan fingerprint density at radius 1 is 0.979 bits per heavy atom. The number of amides is 2. The van der Waals surface area contributed by atoms with Crippen LogP contribution in [-0.4, -0.2) is 83.6 Å². The Morgan fingerprint density at radius 2 is 1.74 bits per heavy atom. The molecule has 0 bridgehead atoms. The van der Waals surface area contributed by atoms with Crippen LogP contribution in [0.15, 0.2) is 79.4 Å². The van der Waals surface area contributed by atoms with Gasteiger partial charge in [-0.15, -0.1) is 0 Å². The first kappa shape index (κ1) is 30.4. The number of nitrogens with one attached hydrogen (secondary N) is 1. The van der Waals surface area contributed by atoms with Crippen LogP contribution in [0.4, 0.5) is 16.4 Å². The minimum Gasteiger partial charge on any atom is -0.465 e. The van der Waals surface area contributed by atoms with E-state index < -0.39 is 6.09 Å². The zero-order valence-corrected chi connectivity index (χ0v) is 26.6. The van der Waals surface area contributed by atoms with Gasteiger partial charge < -0.3 is 30.5 Å². The SMILES string of the molecule is CC(C)(CN1CCC(n2cccc2-c2nc(-c3ccc(C(=O)Nc4ccccn4)cc3)c3c(N)nccn23)CC1)C1CN(C(=O)O)C1. The summed E-state index contributed by atoms with van der Waals surface area (Å²) < 4.78 is 4.33. The number of piperidine rings is 1. The molecular formula is C35H39N9O3. The third-order valence-electron chi connectivity index (χ3n) is 9.76. The van der Waals surface area contributed by atoms with Crippen LogP contribution in [0.25, 0.3) is 28.3 Å². The number of imidazole rings is 1. The smallest absolute Gasteiger partial charge is 0.407 e. The van der Waals surface area contributed by atoms with Crippen molar-refractivity contribution in [2.24, 2.45) is 11.3 Å². The van der Waals surface area contributed by atoms with Gasteiger partial charge in [0.2, 0.25) is 0 Å². The number of rotatable bonds is 8. The highest BCUT2D eigenvalue weighted by molar-refractivity contribution is 6.04. The summed E-state index contributed by atoms with van der Waals surface area (Å²) in [6.07, 6.45) is 8.53. The molecule has 5 aromatic rings. The van der Waals surface area contributed by atoms with Gasteiger partial charge in [-0.3, -0.25) is 9.20 Å². The predicted octanol–water partition coefficient (Wildman–Crippen LogP) is 5.37. The Kier molecular flexibility index (Phi) is 7.88.